The molecule has 1 amide bonds. The molecule has 0 unspecified atom stereocenters. The van der Waals surface area contributed by atoms with Crippen molar-refractivity contribution in [3.05, 3.63) is 30.1 Å². The molecule has 1 saturated carbocycles. The maximum atomic E-state index is 12.3. The number of likely N-dealkylation sites (N-methyl/N-ethyl adjacent to an activating group) is 1. The second kappa shape index (κ2) is 5.48. The quantitative estimate of drug-likeness (QED) is 0.851. The molecule has 0 aromatic carbocycles. The van der Waals surface area contributed by atoms with Crippen molar-refractivity contribution in [3.8, 4) is 0 Å². The van der Waals surface area contributed by atoms with Crippen molar-refractivity contribution in [2.24, 2.45) is 11.1 Å². The zero-order chi connectivity index (χ0) is 13.0. The van der Waals surface area contributed by atoms with E-state index >= 15 is 0 Å². The van der Waals surface area contributed by atoms with Crippen LogP contribution in [0.4, 0.5) is 0 Å². The van der Waals surface area contributed by atoms with Gasteiger partial charge in [-0.25, -0.2) is 0 Å². The molecule has 18 heavy (non-hydrogen) atoms. The molecule has 98 valence electrons. The maximum Gasteiger partial charge on any atom is 0.229 e. The summed E-state index contributed by atoms with van der Waals surface area (Å²) in [6.07, 6.45) is 7.46. The molecule has 0 atom stereocenters. The van der Waals surface area contributed by atoms with Crippen LogP contribution in [0.5, 0.6) is 0 Å². The molecule has 2 rings (SSSR count). The predicted octanol–water partition coefficient (Wildman–Crippen LogP) is 1.21. The minimum atomic E-state index is -0.260. The van der Waals surface area contributed by atoms with Crippen LogP contribution in [-0.4, -0.2) is 35.9 Å². The lowest BCUT2D eigenvalue weighted by Crippen LogP contribution is -2.51. The summed E-state index contributed by atoms with van der Waals surface area (Å²) in [7, 11) is 1.87. The fraction of sp³-hybridized carbons (Fsp3) is 0.571. The average Bonchev–Trinajstić information content (AvgIpc) is 2.36. The smallest absolute Gasteiger partial charge is 0.229 e. The molecule has 0 radical (unpaired) electrons. The molecular weight excluding hydrogens is 226 g/mol. The van der Waals surface area contributed by atoms with Crippen LogP contribution in [0.25, 0.3) is 0 Å². The van der Waals surface area contributed by atoms with Crippen molar-refractivity contribution in [1.29, 1.82) is 0 Å². The highest BCUT2D eigenvalue weighted by Gasteiger charge is 2.44. The number of hydrogen-bond acceptors (Lipinski definition) is 3. The second-order valence-electron chi connectivity index (χ2n) is 5.18. The molecule has 1 aromatic rings. The molecule has 1 aliphatic rings. The van der Waals surface area contributed by atoms with E-state index in [1.165, 1.54) is 0 Å². The fourth-order valence-corrected chi connectivity index (χ4v) is 2.46. The lowest BCUT2D eigenvalue weighted by molar-refractivity contribution is -0.145. The molecule has 1 fully saturated rings. The maximum absolute atomic E-state index is 12.3. The van der Waals surface area contributed by atoms with E-state index in [0.29, 0.717) is 6.54 Å². The van der Waals surface area contributed by atoms with Gasteiger partial charge < -0.3 is 10.6 Å². The van der Waals surface area contributed by atoms with Gasteiger partial charge in [-0.2, -0.15) is 0 Å². The van der Waals surface area contributed by atoms with Gasteiger partial charge in [0.1, 0.15) is 0 Å². The number of carbonyl (C=O) groups excluding carboxylic acids is 1. The highest BCUT2D eigenvalue weighted by Crippen LogP contribution is 2.41. The monoisotopic (exact) mass is 247 g/mol. The molecule has 4 heteroatoms. The number of hydrogen-bond donors (Lipinski definition) is 1. The minimum Gasteiger partial charge on any atom is -0.345 e. The Morgan fingerprint density at radius 3 is 2.83 bits per heavy atom. The number of aromatic nitrogens is 1. The number of carbonyl (C=O) groups is 1. The highest BCUT2D eigenvalue weighted by molar-refractivity contribution is 5.83. The first kappa shape index (κ1) is 13.0. The Labute approximate surface area is 108 Å². The Bertz CT molecular complexity index is 395. The molecule has 1 aliphatic carbocycles. The average molecular weight is 247 g/mol. The summed E-state index contributed by atoms with van der Waals surface area (Å²) in [5, 5.41) is 0. The molecule has 4 nitrogen and oxygen atoms in total. The van der Waals surface area contributed by atoms with Crippen LogP contribution in [0.15, 0.2) is 24.5 Å². The molecule has 2 N–H and O–H groups in total. The Kier molecular flexibility index (Phi) is 3.97. The predicted molar refractivity (Wildman–Crippen MR) is 70.9 cm³/mol. The normalized spacial score (nSPS) is 17.0. The zero-order valence-corrected chi connectivity index (χ0v) is 10.9. The minimum absolute atomic E-state index is 0.208. The summed E-state index contributed by atoms with van der Waals surface area (Å²) >= 11 is 0. The Morgan fingerprint density at radius 1 is 1.56 bits per heavy atom. The van der Waals surface area contributed by atoms with Gasteiger partial charge in [-0.3, -0.25) is 9.78 Å². The standard InChI is InChI=1S/C14H21N3O/c1-17(9-5-12-4-2-8-16-10-12)13(18)14(11-15)6-3-7-14/h2,4,8,10H,3,5-7,9,11,15H2,1H3. The third kappa shape index (κ3) is 2.53. The number of rotatable bonds is 5. The topological polar surface area (TPSA) is 59.2 Å². The van der Waals surface area contributed by atoms with Crippen molar-refractivity contribution >= 4 is 5.91 Å². The van der Waals surface area contributed by atoms with Crippen LogP contribution in [0, 0.1) is 5.41 Å². The fourth-order valence-electron chi connectivity index (χ4n) is 2.46. The van der Waals surface area contributed by atoms with Crippen LogP contribution in [0.1, 0.15) is 24.8 Å². The Hall–Kier alpha value is -1.42. The Morgan fingerprint density at radius 2 is 2.33 bits per heavy atom. The summed E-state index contributed by atoms with van der Waals surface area (Å²) < 4.78 is 0. The number of nitrogens with two attached hydrogens (primary N) is 1. The molecule has 0 saturated heterocycles. The second-order valence-corrected chi connectivity index (χ2v) is 5.18. The van der Waals surface area contributed by atoms with Gasteiger partial charge in [0.05, 0.1) is 5.41 Å². The summed E-state index contributed by atoms with van der Waals surface area (Å²) in [6.45, 7) is 1.20. The van der Waals surface area contributed by atoms with Gasteiger partial charge in [-0.1, -0.05) is 12.5 Å². The summed E-state index contributed by atoms with van der Waals surface area (Å²) in [5.74, 6) is 0.208. The van der Waals surface area contributed by atoms with Gasteiger partial charge in [-0.05, 0) is 30.9 Å². The van der Waals surface area contributed by atoms with Gasteiger partial charge in [-0.15, -0.1) is 0 Å². The van der Waals surface area contributed by atoms with Crippen LogP contribution < -0.4 is 5.73 Å². The molecule has 0 spiro atoms. The summed E-state index contributed by atoms with van der Waals surface area (Å²) in [6, 6.07) is 3.96. The molecule has 1 heterocycles. The van der Waals surface area contributed by atoms with E-state index in [9.17, 15) is 4.79 Å². The van der Waals surface area contributed by atoms with E-state index in [-0.39, 0.29) is 11.3 Å². The SMILES string of the molecule is CN(CCc1cccnc1)C(=O)C1(CN)CCC1. The molecule has 1 aromatic heterocycles. The first-order valence-corrected chi connectivity index (χ1v) is 6.52. The van der Waals surface area contributed by atoms with Crippen molar-refractivity contribution < 1.29 is 4.79 Å². The highest BCUT2D eigenvalue weighted by atomic mass is 16.2. The largest absolute Gasteiger partial charge is 0.345 e. The van der Waals surface area contributed by atoms with Crippen molar-refractivity contribution in [3.63, 3.8) is 0 Å². The van der Waals surface area contributed by atoms with E-state index in [0.717, 1.165) is 37.8 Å². The van der Waals surface area contributed by atoms with Crippen molar-refractivity contribution in [1.82, 2.24) is 9.88 Å². The van der Waals surface area contributed by atoms with Crippen LogP contribution in [-0.2, 0) is 11.2 Å². The van der Waals surface area contributed by atoms with Crippen molar-refractivity contribution in [2.45, 2.75) is 25.7 Å². The van der Waals surface area contributed by atoms with Gasteiger partial charge in [0.2, 0.25) is 5.91 Å². The van der Waals surface area contributed by atoms with E-state index in [1.807, 2.05) is 30.3 Å². The van der Waals surface area contributed by atoms with E-state index in [1.54, 1.807) is 6.20 Å². The third-order valence-electron chi connectivity index (χ3n) is 3.96. The lowest BCUT2D eigenvalue weighted by atomic mass is 9.68. The van der Waals surface area contributed by atoms with Gasteiger partial charge >= 0.3 is 0 Å². The van der Waals surface area contributed by atoms with Gasteiger partial charge in [0.25, 0.3) is 0 Å². The van der Waals surface area contributed by atoms with E-state index in [4.69, 9.17) is 5.73 Å². The molecule has 0 aliphatic heterocycles. The molecular formula is C14H21N3O. The summed E-state index contributed by atoms with van der Waals surface area (Å²) in [4.78, 5) is 18.2. The van der Waals surface area contributed by atoms with Crippen LogP contribution in [0.2, 0.25) is 0 Å². The summed E-state index contributed by atoms with van der Waals surface area (Å²) in [5.41, 5.74) is 6.66. The first-order chi connectivity index (χ1) is 8.68. The number of amides is 1. The van der Waals surface area contributed by atoms with Gasteiger partial charge in [0, 0.05) is 32.5 Å². The lowest BCUT2D eigenvalue weighted by Gasteiger charge is -2.41. The van der Waals surface area contributed by atoms with Crippen LogP contribution in [0.3, 0.4) is 0 Å². The Balaban J connectivity index is 1.88. The number of pyridine rings is 1. The van der Waals surface area contributed by atoms with Gasteiger partial charge in [0.15, 0.2) is 0 Å². The van der Waals surface area contributed by atoms with E-state index in [2.05, 4.69) is 4.98 Å². The third-order valence-corrected chi connectivity index (χ3v) is 3.96. The number of nitrogens with zero attached hydrogens (tertiary/aromatic N) is 2. The molecule has 0 bridgehead atoms. The van der Waals surface area contributed by atoms with Crippen LogP contribution >= 0.6 is 0 Å². The zero-order valence-electron chi connectivity index (χ0n) is 10.9. The van der Waals surface area contributed by atoms with Crippen molar-refractivity contribution in [2.75, 3.05) is 20.1 Å². The van der Waals surface area contributed by atoms with E-state index < -0.39 is 0 Å². The first-order valence-electron chi connectivity index (χ1n) is 6.52.